The zero-order valence-electron chi connectivity index (χ0n) is 7.15. The van der Waals surface area contributed by atoms with Crippen molar-refractivity contribution >= 4 is 28.9 Å². The lowest BCUT2D eigenvalue weighted by Crippen LogP contribution is -2.22. The molecule has 0 aromatic carbocycles. The van der Waals surface area contributed by atoms with Crippen LogP contribution in [-0.2, 0) is 9.67 Å². The molecule has 1 rings (SSSR count). The maximum absolute atomic E-state index is 11.3. The van der Waals surface area contributed by atoms with Crippen LogP contribution in [0.4, 0.5) is 0 Å². The Morgan fingerprint density at radius 3 is 2.92 bits per heavy atom. The molecule has 7 heteroatoms. The third kappa shape index (κ3) is 2.62. The molecule has 1 amide bonds. The van der Waals surface area contributed by atoms with Gasteiger partial charge in [0.05, 0.1) is 0 Å². The Kier molecular flexibility index (Phi) is 3.60. The fourth-order valence-corrected chi connectivity index (χ4v) is 0.913. The van der Waals surface area contributed by atoms with Gasteiger partial charge in [0.15, 0.2) is 0 Å². The fourth-order valence-electron chi connectivity index (χ4n) is 0.647. The van der Waals surface area contributed by atoms with Crippen LogP contribution < -0.4 is 0 Å². The van der Waals surface area contributed by atoms with Gasteiger partial charge in [0.1, 0.15) is 29.6 Å². The summed E-state index contributed by atoms with van der Waals surface area (Å²) in [5, 5.41) is 3.50. The van der Waals surface area contributed by atoms with E-state index < -0.39 is 0 Å². The largest absolute Gasteiger partial charge is 0.342 e. The number of carbonyl (C=O) groups is 1. The smallest absolute Gasteiger partial charge is 0.294 e. The Hall–Kier alpha value is -0.700. The second-order valence-corrected chi connectivity index (χ2v) is 3.09. The van der Waals surface area contributed by atoms with Crippen molar-refractivity contribution in [2.24, 2.45) is 0 Å². The van der Waals surface area contributed by atoms with E-state index in [0.29, 0.717) is 5.89 Å². The molecular formula is C6H8IN3O3. The minimum absolute atomic E-state index is 0.0495. The molecule has 1 aromatic rings. The van der Waals surface area contributed by atoms with Crippen molar-refractivity contribution in [1.82, 2.24) is 15.0 Å². The topological polar surface area (TPSA) is 68.5 Å². The summed E-state index contributed by atoms with van der Waals surface area (Å²) >= 11 is 1.71. The number of rotatable bonds is 3. The molecule has 0 bridgehead atoms. The highest BCUT2D eigenvalue weighted by atomic mass is 127. The molecule has 6 nitrogen and oxygen atoms in total. The molecule has 0 unspecified atom stereocenters. The van der Waals surface area contributed by atoms with Crippen LogP contribution in [0.15, 0.2) is 4.52 Å². The van der Waals surface area contributed by atoms with Crippen LogP contribution in [0, 0.1) is 0 Å². The van der Waals surface area contributed by atoms with E-state index in [1.54, 1.807) is 37.1 Å². The number of nitrogens with zero attached hydrogens (tertiary/aromatic N) is 3. The van der Waals surface area contributed by atoms with Crippen molar-refractivity contribution in [3.8, 4) is 0 Å². The molecule has 1 heterocycles. The van der Waals surface area contributed by atoms with E-state index in [1.807, 2.05) is 0 Å². The number of halogens is 1. The third-order valence-electron chi connectivity index (χ3n) is 1.24. The second kappa shape index (κ2) is 4.51. The standard InChI is InChI=1S/C6H8IN3O3/c1-10(2)6(11)5-8-4(3-12-7)13-9-5/h3H2,1-2H3. The minimum atomic E-state index is -0.288. The van der Waals surface area contributed by atoms with Crippen LogP contribution in [0.1, 0.15) is 16.5 Å². The van der Waals surface area contributed by atoms with E-state index in [2.05, 4.69) is 10.1 Å². The maximum Gasteiger partial charge on any atom is 0.294 e. The molecule has 0 radical (unpaired) electrons. The molecule has 1 aromatic heterocycles. The van der Waals surface area contributed by atoms with Gasteiger partial charge < -0.3 is 12.5 Å². The van der Waals surface area contributed by atoms with Gasteiger partial charge >= 0.3 is 0 Å². The highest BCUT2D eigenvalue weighted by Gasteiger charge is 2.15. The fraction of sp³-hybridized carbons (Fsp3) is 0.500. The Morgan fingerprint density at radius 1 is 1.69 bits per heavy atom. The zero-order chi connectivity index (χ0) is 9.84. The normalized spacial score (nSPS) is 10.1. The van der Waals surface area contributed by atoms with E-state index in [9.17, 15) is 4.79 Å². The highest BCUT2D eigenvalue weighted by Crippen LogP contribution is 2.03. The van der Waals surface area contributed by atoms with Gasteiger partial charge in [0.2, 0.25) is 0 Å². The highest BCUT2D eigenvalue weighted by molar-refractivity contribution is 14.1. The molecule has 0 atom stereocenters. The van der Waals surface area contributed by atoms with Crippen LogP contribution in [0.3, 0.4) is 0 Å². The van der Waals surface area contributed by atoms with Crippen molar-refractivity contribution in [2.75, 3.05) is 14.1 Å². The first-order chi connectivity index (χ1) is 6.15. The number of hydrogen-bond acceptors (Lipinski definition) is 5. The van der Waals surface area contributed by atoms with Gasteiger partial charge in [-0.25, -0.2) is 0 Å². The Bertz CT molecular complexity index is 299. The van der Waals surface area contributed by atoms with Gasteiger partial charge in [-0.2, -0.15) is 4.98 Å². The molecule has 72 valence electrons. The molecule has 13 heavy (non-hydrogen) atoms. The predicted molar refractivity (Wildman–Crippen MR) is 51.1 cm³/mol. The van der Waals surface area contributed by atoms with Crippen LogP contribution in [0.25, 0.3) is 0 Å². The van der Waals surface area contributed by atoms with E-state index in [4.69, 9.17) is 7.59 Å². The summed E-state index contributed by atoms with van der Waals surface area (Å²) in [7, 11) is 3.24. The summed E-state index contributed by atoms with van der Waals surface area (Å²) < 4.78 is 9.47. The van der Waals surface area contributed by atoms with E-state index in [0.717, 1.165) is 0 Å². The summed E-state index contributed by atoms with van der Waals surface area (Å²) in [5.74, 6) is 0.0523. The average molecular weight is 297 g/mol. The molecule has 0 aliphatic carbocycles. The van der Waals surface area contributed by atoms with Crippen molar-refractivity contribution in [2.45, 2.75) is 6.61 Å². The predicted octanol–water partition coefficient (Wildman–Crippen LogP) is 0.638. The zero-order valence-corrected chi connectivity index (χ0v) is 9.31. The quantitative estimate of drug-likeness (QED) is 0.766. The number of amides is 1. The Morgan fingerprint density at radius 2 is 2.38 bits per heavy atom. The van der Waals surface area contributed by atoms with Gasteiger partial charge in [-0.05, 0) is 0 Å². The summed E-state index contributed by atoms with van der Waals surface area (Å²) in [6.07, 6.45) is 0. The number of hydrogen-bond donors (Lipinski definition) is 0. The van der Waals surface area contributed by atoms with Gasteiger partial charge in [-0.15, -0.1) is 0 Å². The monoisotopic (exact) mass is 297 g/mol. The van der Waals surface area contributed by atoms with E-state index >= 15 is 0 Å². The summed E-state index contributed by atoms with van der Waals surface area (Å²) in [4.78, 5) is 16.5. The third-order valence-corrected chi connectivity index (χ3v) is 1.55. The van der Waals surface area contributed by atoms with Crippen LogP contribution in [0.5, 0.6) is 0 Å². The molecule has 0 saturated heterocycles. The van der Waals surface area contributed by atoms with E-state index in [-0.39, 0.29) is 18.3 Å². The van der Waals surface area contributed by atoms with E-state index in [1.165, 1.54) is 4.90 Å². The van der Waals surface area contributed by atoms with Crippen molar-refractivity contribution in [3.05, 3.63) is 11.7 Å². The second-order valence-electron chi connectivity index (χ2n) is 2.46. The Balaban J connectivity index is 2.73. The lowest BCUT2D eigenvalue weighted by Gasteiger charge is -2.04. The molecule has 0 aliphatic rings. The number of aromatic nitrogens is 2. The maximum atomic E-state index is 11.3. The first-order valence-corrected chi connectivity index (χ1v) is 4.31. The lowest BCUT2D eigenvalue weighted by atomic mass is 10.5. The molecule has 0 N–H and O–H groups in total. The molecule has 0 spiro atoms. The van der Waals surface area contributed by atoms with Crippen LogP contribution in [0.2, 0.25) is 0 Å². The van der Waals surface area contributed by atoms with Gasteiger partial charge in [-0.3, -0.25) is 4.79 Å². The van der Waals surface area contributed by atoms with Crippen LogP contribution >= 0.6 is 23.0 Å². The Labute approximate surface area is 88.9 Å². The van der Waals surface area contributed by atoms with Gasteiger partial charge in [-0.1, -0.05) is 5.16 Å². The van der Waals surface area contributed by atoms with Crippen molar-refractivity contribution < 1.29 is 12.4 Å². The first kappa shape index (κ1) is 10.4. The van der Waals surface area contributed by atoms with Crippen LogP contribution in [-0.4, -0.2) is 35.0 Å². The molecule has 0 fully saturated rings. The molecular weight excluding hydrogens is 289 g/mol. The molecule has 0 saturated carbocycles. The summed E-state index contributed by atoms with van der Waals surface area (Å²) in [6, 6.07) is 0. The SMILES string of the molecule is CN(C)C(=O)c1noc(COI)n1. The van der Waals surface area contributed by atoms with Gasteiger partial charge in [0, 0.05) is 14.1 Å². The number of carbonyl (C=O) groups excluding carboxylic acids is 1. The molecule has 0 aliphatic heterocycles. The average Bonchev–Trinajstić information content (AvgIpc) is 2.52. The first-order valence-electron chi connectivity index (χ1n) is 3.43. The lowest BCUT2D eigenvalue weighted by molar-refractivity contribution is 0.0812. The van der Waals surface area contributed by atoms with Gasteiger partial charge in [0.25, 0.3) is 17.6 Å². The summed E-state index contributed by atoms with van der Waals surface area (Å²) in [5.41, 5.74) is 0. The van der Waals surface area contributed by atoms with Crippen molar-refractivity contribution in [1.29, 1.82) is 0 Å². The van der Waals surface area contributed by atoms with Crippen molar-refractivity contribution in [3.63, 3.8) is 0 Å². The minimum Gasteiger partial charge on any atom is -0.342 e. The summed E-state index contributed by atoms with van der Waals surface area (Å²) in [6.45, 7) is 0.203.